The van der Waals surface area contributed by atoms with E-state index in [0.29, 0.717) is 6.54 Å². The average Bonchev–Trinajstić information content (AvgIpc) is 2.15. The topological polar surface area (TPSA) is 57.6 Å². The Kier molecular flexibility index (Phi) is 1.96. The lowest BCUT2D eigenvalue weighted by atomic mass is 9.89. The largest absolute Gasteiger partial charge is 0.382 e. The van der Waals surface area contributed by atoms with E-state index in [-0.39, 0.29) is 5.91 Å². The van der Waals surface area contributed by atoms with Gasteiger partial charge in [0.25, 0.3) is 5.91 Å². The number of carbonyl (C=O) groups is 2. The molecule has 0 bridgehead atoms. The Morgan fingerprint density at radius 3 is 2.17 bits per heavy atom. The molecule has 0 radical (unpaired) electrons. The smallest absolute Gasteiger partial charge is 0.259 e. The maximum Gasteiger partial charge on any atom is 0.259 e. The second kappa shape index (κ2) is 2.55. The van der Waals surface area contributed by atoms with Crippen molar-refractivity contribution in [2.24, 2.45) is 5.41 Å². The van der Waals surface area contributed by atoms with Crippen LogP contribution in [0.15, 0.2) is 0 Å². The number of hydrogen-bond donors (Lipinski definition) is 1. The maximum atomic E-state index is 11.4. The summed E-state index contributed by atoms with van der Waals surface area (Å²) >= 11 is 0. The van der Waals surface area contributed by atoms with Gasteiger partial charge >= 0.3 is 0 Å². The number of likely N-dealkylation sites (N-methyl/N-ethyl adjacent to an activating group) is 1. The highest BCUT2D eigenvalue weighted by molar-refractivity contribution is 6.08. The van der Waals surface area contributed by atoms with Gasteiger partial charge in [-0.3, -0.25) is 14.5 Å². The van der Waals surface area contributed by atoms with E-state index in [1.807, 2.05) is 0 Å². The molecule has 1 aliphatic rings. The van der Waals surface area contributed by atoms with E-state index in [1.54, 1.807) is 20.8 Å². The molecule has 68 valence electrons. The fraction of sp³-hybridized carbons (Fsp3) is 0.750. The van der Waals surface area contributed by atoms with Crippen LogP contribution in [-0.2, 0) is 9.59 Å². The van der Waals surface area contributed by atoms with Crippen molar-refractivity contribution in [2.45, 2.75) is 26.9 Å². The Balaban J connectivity index is 3.02. The fourth-order valence-corrected chi connectivity index (χ4v) is 1.32. The first kappa shape index (κ1) is 9.19. The zero-order chi connectivity index (χ0) is 9.52. The number of carbonyl (C=O) groups excluding carboxylic acids is 2. The third-order valence-electron chi connectivity index (χ3n) is 2.30. The predicted molar refractivity (Wildman–Crippen MR) is 42.2 cm³/mol. The molecule has 1 atom stereocenters. The molecule has 1 aliphatic heterocycles. The molecule has 2 amide bonds. The van der Waals surface area contributed by atoms with Gasteiger partial charge in [0.15, 0.2) is 0 Å². The van der Waals surface area contributed by atoms with Gasteiger partial charge in [0.2, 0.25) is 5.91 Å². The van der Waals surface area contributed by atoms with Crippen molar-refractivity contribution >= 4 is 11.8 Å². The summed E-state index contributed by atoms with van der Waals surface area (Å²) in [6.07, 6.45) is -1.18. The summed E-state index contributed by atoms with van der Waals surface area (Å²) in [7, 11) is 0. The van der Waals surface area contributed by atoms with E-state index in [1.165, 1.54) is 0 Å². The minimum absolute atomic E-state index is 0.289. The molecule has 12 heavy (non-hydrogen) atoms. The van der Waals surface area contributed by atoms with Gasteiger partial charge in [-0.2, -0.15) is 0 Å². The monoisotopic (exact) mass is 171 g/mol. The average molecular weight is 171 g/mol. The van der Waals surface area contributed by atoms with Crippen LogP contribution in [0.5, 0.6) is 0 Å². The predicted octanol–water partition coefficient (Wildman–Crippen LogP) is -0.238. The Morgan fingerprint density at radius 1 is 1.50 bits per heavy atom. The molecule has 0 saturated carbocycles. The number of hydrogen-bond acceptors (Lipinski definition) is 3. The van der Waals surface area contributed by atoms with Crippen molar-refractivity contribution in [3.8, 4) is 0 Å². The zero-order valence-corrected chi connectivity index (χ0v) is 7.50. The van der Waals surface area contributed by atoms with Crippen LogP contribution in [0.25, 0.3) is 0 Å². The minimum atomic E-state index is -1.18. The number of likely N-dealkylation sites (tertiary alicyclic amines) is 1. The number of aliphatic hydroxyl groups is 1. The van der Waals surface area contributed by atoms with Gasteiger partial charge in [0, 0.05) is 6.54 Å². The number of imide groups is 1. The van der Waals surface area contributed by atoms with Crippen LogP contribution >= 0.6 is 0 Å². The summed E-state index contributed by atoms with van der Waals surface area (Å²) < 4.78 is 0. The van der Waals surface area contributed by atoms with Gasteiger partial charge in [-0.1, -0.05) is 0 Å². The highest BCUT2D eigenvalue weighted by Crippen LogP contribution is 2.31. The number of amides is 2. The molecule has 1 heterocycles. The van der Waals surface area contributed by atoms with E-state index >= 15 is 0 Å². The Labute approximate surface area is 71.2 Å². The molecule has 0 aromatic carbocycles. The molecule has 1 saturated heterocycles. The molecule has 1 fully saturated rings. The molecular weight excluding hydrogens is 158 g/mol. The molecular formula is C8H13NO3. The van der Waals surface area contributed by atoms with E-state index < -0.39 is 17.4 Å². The van der Waals surface area contributed by atoms with Crippen LogP contribution < -0.4 is 0 Å². The summed E-state index contributed by atoms with van der Waals surface area (Å²) in [6, 6.07) is 0. The van der Waals surface area contributed by atoms with E-state index in [9.17, 15) is 14.7 Å². The Hall–Kier alpha value is -0.900. The van der Waals surface area contributed by atoms with E-state index in [2.05, 4.69) is 0 Å². The first-order chi connectivity index (χ1) is 5.42. The van der Waals surface area contributed by atoms with Gasteiger partial charge in [-0.25, -0.2) is 0 Å². The molecule has 1 N–H and O–H groups in total. The highest BCUT2D eigenvalue weighted by Gasteiger charge is 2.52. The van der Waals surface area contributed by atoms with Crippen LogP contribution in [0.4, 0.5) is 0 Å². The Morgan fingerprint density at radius 2 is 2.00 bits per heavy atom. The SMILES string of the molecule is CCN1C(=O)[C@H](O)C(C)(C)C1=O. The van der Waals surface area contributed by atoms with Crippen LogP contribution in [-0.4, -0.2) is 34.5 Å². The molecule has 1 rings (SSSR count). The normalized spacial score (nSPS) is 28.3. The van der Waals surface area contributed by atoms with Gasteiger partial charge in [-0.05, 0) is 20.8 Å². The van der Waals surface area contributed by atoms with Crippen LogP contribution in [0.3, 0.4) is 0 Å². The van der Waals surface area contributed by atoms with Gasteiger partial charge in [0.05, 0.1) is 5.41 Å². The third-order valence-corrected chi connectivity index (χ3v) is 2.30. The van der Waals surface area contributed by atoms with Crippen molar-refractivity contribution in [1.82, 2.24) is 4.90 Å². The molecule has 0 aromatic heterocycles. The molecule has 0 aromatic rings. The lowest BCUT2D eigenvalue weighted by molar-refractivity contribution is -0.141. The molecule has 0 unspecified atom stereocenters. The number of rotatable bonds is 1. The lowest BCUT2D eigenvalue weighted by Gasteiger charge is -2.16. The van der Waals surface area contributed by atoms with Crippen molar-refractivity contribution in [1.29, 1.82) is 0 Å². The summed E-state index contributed by atoms with van der Waals surface area (Å²) in [5.74, 6) is -0.769. The van der Waals surface area contributed by atoms with Gasteiger partial charge in [0.1, 0.15) is 6.10 Å². The summed E-state index contributed by atoms with van der Waals surface area (Å²) in [4.78, 5) is 23.7. The van der Waals surface area contributed by atoms with Crippen molar-refractivity contribution < 1.29 is 14.7 Å². The highest BCUT2D eigenvalue weighted by atomic mass is 16.3. The molecule has 4 nitrogen and oxygen atoms in total. The second-order valence-corrected chi connectivity index (χ2v) is 3.51. The van der Waals surface area contributed by atoms with Gasteiger partial charge in [-0.15, -0.1) is 0 Å². The van der Waals surface area contributed by atoms with E-state index in [4.69, 9.17) is 0 Å². The van der Waals surface area contributed by atoms with Crippen molar-refractivity contribution in [3.05, 3.63) is 0 Å². The minimum Gasteiger partial charge on any atom is -0.382 e. The third kappa shape index (κ3) is 0.948. The second-order valence-electron chi connectivity index (χ2n) is 3.51. The van der Waals surface area contributed by atoms with Crippen LogP contribution in [0.1, 0.15) is 20.8 Å². The quantitative estimate of drug-likeness (QED) is 0.554. The first-order valence-electron chi connectivity index (χ1n) is 3.96. The lowest BCUT2D eigenvalue weighted by Crippen LogP contribution is -2.32. The van der Waals surface area contributed by atoms with Crippen LogP contribution in [0.2, 0.25) is 0 Å². The number of nitrogens with zero attached hydrogens (tertiary/aromatic N) is 1. The van der Waals surface area contributed by atoms with Gasteiger partial charge < -0.3 is 5.11 Å². The number of aliphatic hydroxyl groups excluding tert-OH is 1. The first-order valence-corrected chi connectivity index (χ1v) is 3.96. The summed E-state index contributed by atoms with van der Waals surface area (Å²) in [5.41, 5.74) is -0.951. The molecule has 0 aliphatic carbocycles. The Bertz CT molecular complexity index is 234. The molecule has 4 heteroatoms. The summed E-state index contributed by atoms with van der Waals surface area (Å²) in [5, 5.41) is 9.39. The maximum absolute atomic E-state index is 11.4. The molecule has 0 spiro atoms. The zero-order valence-electron chi connectivity index (χ0n) is 7.50. The van der Waals surface area contributed by atoms with Crippen molar-refractivity contribution in [2.75, 3.05) is 6.54 Å². The fourth-order valence-electron chi connectivity index (χ4n) is 1.32. The van der Waals surface area contributed by atoms with Crippen LogP contribution in [0, 0.1) is 5.41 Å². The summed E-state index contributed by atoms with van der Waals surface area (Å²) in [6.45, 7) is 5.20. The van der Waals surface area contributed by atoms with E-state index in [0.717, 1.165) is 4.90 Å². The standard InChI is InChI=1S/C8H13NO3/c1-4-9-6(11)5(10)8(2,3)7(9)12/h5,10H,4H2,1-3H3/t5-/m0/s1. The van der Waals surface area contributed by atoms with Crippen molar-refractivity contribution in [3.63, 3.8) is 0 Å².